The fourth-order valence-electron chi connectivity index (χ4n) is 2.30. The summed E-state index contributed by atoms with van der Waals surface area (Å²) in [4.78, 5) is 14.0. The molecule has 1 aliphatic rings. The average Bonchev–Trinajstić information content (AvgIpc) is 2.27. The van der Waals surface area contributed by atoms with Crippen LogP contribution in [-0.4, -0.2) is 36.5 Å². The van der Waals surface area contributed by atoms with Gasteiger partial charge in [0, 0.05) is 19.0 Å². The van der Waals surface area contributed by atoms with Crippen LogP contribution in [0.1, 0.15) is 46.5 Å². The molecule has 1 heterocycles. The first-order valence-corrected chi connectivity index (χ1v) is 6.65. The van der Waals surface area contributed by atoms with Crippen LogP contribution in [0.4, 0.5) is 0 Å². The Bertz CT molecular complexity index is 210. The molecule has 16 heavy (non-hydrogen) atoms. The fraction of sp³-hybridized carbons (Fsp3) is 0.923. The van der Waals surface area contributed by atoms with Gasteiger partial charge >= 0.3 is 0 Å². The van der Waals surface area contributed by atoms with Gasteiger partial charge in [0.1, 0.15) is 0 Å². The number of carbonyl (C=O) groups excluding carboxylic acids is 1. The smallest absolute Gasteiger partial charge is 0.222 e. The lowest BCUT2D eigenvalue weighted by molar-refractivity contribution is -0.133. The Hall–Kier alpha value is -0.570. The highest BCUT2D eigenvalue weighted by Gasteiger charge is 2.21. The number of nitrogens with one attached hydrogen (secondary N) is 1. The van der Waals surface area contributed by atoms with Crippen molar-refractivity contribution in [2.45, 2.75) is 52.5 Å². The average molecular weight is 226 g/mol. The number of nitrogens with zero attached hydrogens (tertiary/aromatic N) is 1. The van der Waals surface area contributed by atoms with Crippen LogP contribution in [0.25, 0.3) is 0 Å². The number of hydrogen-bond donors (Lipinski definition) is 1. The number of piperidine rings is 1. The van der Waals surface area contributed by atoms with E-state index in [4.69, 9.17) is 0 Å². The topological polar surface area (TPSA) is 32.3 Å². The zero-order valence-electron chi connectivity index (χ0n) is 11.0. The molecule has 0 aromatic carbocycles. The molecule has 0 bridgehead atoms. The number of rotatable bonds is 5. The summed E-state index contributed by atoms with van der Waals surface area (Å²) >= 11 is 0. The maximum atomic E-state index is 12.0. The van der Waals surface area contributed by atoms with Gasteiger partial charge < -0.3 is 10.2 Å². The van der Waals surface area contributed by atoms with Crippen molar-refractivity contribution in [1.29, 1.82) is 0 Å². The van der Waals surface area contributed by atoms with Crippen LogP contribution >= 0.6 is 0 Å². The molecule has 1 aliphatic heterocycles. The van der Waals surface area contributed by atoms with Crippen molar-refractivity contribution >= 4 is 5.91 Å². The summed E-state index contributed by atoms with van der Waals surface area (Å²) < 4.78 is 0. The lowest BCUT2D eigenvalue weighted by Crippen LogP contribution is -2.42. The number of hydrogen-bond acceptors (Lipinski definition) is 2. The van der Waals surface area contributed by atoms with Gasteiger partial charge in [-0.05, 0) is 52.1 Å². The summed E-state index contributed by atoms with van der Waals surface area (Å²) in [6.45, 7) is 9.49. The quantitative estimate of drug-likeness (QED) is 0.778. The van der Waals surface area contributed by atoms with Crippen LogP contribution in [0.5, 0.6) is 0 Å². The van der Waals surface area contributed by atoms with E-state index >= 15 is 0 Å². The molecule has 1 N–H and O–H groups in total. The van der Waals surface area contributed by atoms with Crippen molar-refractivity contribution < 1.29 is 4.79 Å². The standard InChI is InChI=1S/C13H26N2O/c1-4-5-13(16)15(11(2)3)10-12-6-8-14-9-7-12/h11-12,14H,4-10H2,1-3H3. The maximum absolute atomic E-state index is 12.0. The SMILES string of the molecule is CCCC(=O)N(CC1CCNCC1)C(C)C. The second-order valence-corrected chi connectivity index (χ2v) is 5.08. The van der Waals surface area contributed by atoms with Crippen molar-refractivity contribution in [3.05, 3.63) is 0 Å². The normalized spacial score (nSPS) is 17.8. The molecule has 0 aromatic rings. The Morgan fingerprint density at radius 3 is 2.50 bits per heavy atom. The Morgan fingerprint density at radius 1 is 1.38 bits per heavy atom. The molecule has 0 radical (unpaired) electrons. The van der Waals surface area contributed by atoms with E-state index in [-0.39, 0.29) is 0 Å². The molecule has 94 valence electrons. The highest BCUT2D eigenvalue weighted by atomic mass is 16.2. The highest BCUT2D eigenvalue weighted by molar-refractivity contribution is 5.76. The van der Waals surface area contributed by atoms with E-state index in [9.17, 15) is 4.79 Å². The first-order chi connectivity index (χ1) is 7.65. The minimum Gasteiger partial charge on any atom is -0.340 e. The van der Waals surface area contributed by atoms with Crippen LogP contribution in [0, 0.1) is 5.92 Å². The summed E-state index contributed by atoms with van der Waals surface area (Å²) in [5.41, 5.74) is 0. The molecular weight excluding hydrogens is 200 g/mol. The van der Waals surface area contributed by atoms with Crippen LogP contribution < -0.4 is 5.32 Å². The van der Waals surface area contributed by atoms with Gasteiger partial charge in [0.2, 0.25) is 5.91 Å². The van der Waals surface area contributed by atoms with Gasteiger partial charge in [-0.1, -0.05) is 6.92 Å². The Kier molecular flexibility index (Phi) is 5.81. The predicted molar refractivity (Wildman–Crippen MR) is 67.4 cm³/mol. The van der Waals surface area contributed by atoms with Crippen molar-refractivity contribution in [3.63, 3.8) is 0 Å². The number of carbonyl (C=O) groups is 1. The van der Waals surface area contributed by atoms with E-state index in [1.54, 1.807) is 0 Å². The van der Waals surface area contributed by atoms with Crippen LogP contribution in [0.2, 0.25) is 0 Å². The molecule has 0 unspecified atom stereocenters. The Balaban J connectivity index is 2.46. The summed E-state index contributed by atoms with van der Waals surface area (Å²) in [5, 5.41) is 3.37. The summed E-state index contributed by atoms with van der Waals surface area (Å²) in [6, 6.07) is 0.342. The second kappa shape index (κ2) is 6.89. The second-order valence-electron chi connectivity index (χ2n) is 5.08. The molecule has 0 atom stereocenters. The zero-order chi connectivity index (χ0) is 12.0. The molecule has 3 heteroatoms. The van der Waals surface area contributed by atoms with Gasteiger partial charge in [-0.15, -0.1) is 0 Å². The van der Waals surface area contributed by atoms with Crippen LogP contribution in [-0.2, 0) is 4.79 Å². The first-order valence-electron chi connectivity index (χ1n) is 6.65. The summed E-state index contributed by atoms with van der Waals surface area (Å²) in [6.07, 6.45) is 4.07. The molecule has 3 nitrogen and oxygen atoms in total. The van der Waals surface area contributed by atoms with Gasteiger partial charge in [-0.3, -0.25) is 4.79 Å². The van der Waals surface area contributed by atoms with Gasteiger partial charge in [-0.2, -0.15) is 0 Å². The summed E-state index contributed by atoms with van der Waals surface area (Å²) in [7, 11) is 0. The fourth-order valence-corrected chi connectivity index (χ4v) is 2.30. The van der Waals surface area contributed by atoms with Gasteiger partial charge in [-0.25, -0.2) is 0 Å². The molecule has 0 aromatic heterocycles. The van der Waals surface area contributed by atoms with E-state index in [0.29, 0.717) is 24.3 Å². The van der Waals surface area contributed by atoms with Crippen molar-refractivity contribution in [1.82, 2.24) is 10.2 Å². The first kappa shape index (κ1) is 13.5. The monoisotopic (exact) mass is 226 g/mol. The lowest BCUT2D eigenvalue weighted by Gasteiger charge is -2.33. The van der Waals surface area contributed by atoms with E-state index in [1.165, 1.54) is 12.8 Å². The lowest BCUT2D eigenvalue weighted by atomic mass is 9.97. The predicted octanol–water partition coefficient (Wildman–Crippen LogP) is 2.02. The van der Waals surface area contributed by atoms with Crippen molar-refractivity contribution in [2.24, 2.45) is 5.92 Å². The minimum atomic E-state index is 0.330. The molecule has 1 amide bonds. The Labute approximate surface area is 99.6 Å². The largest absolute Gasteiger partial charge is 0.340 e. The molecule has 1 fully saturated rings. The third-order valence-corrected chi connectivity index (χ3v) is 3.32. The molecule has 1 saturated heterocycles. The molecule has 1 rings (SSSR count). The third kappa shape index (κ3) is 4.12. The van der Waals surface area contributed by atoms with E-state index in [1.807, 2.05) is 0 Å². The van der Waals surface area contributed by atoms with Gasteiger partial charge in [0.15, 0.2) is 0 Å². The van der Waals surface area contributed by atoms with Crippen LogP contribution in [0.3, 0.4) is 0 Å². The van der Waals surface area contributed by atoms with Crippen molar-refractivity contribution in [2.75, 3.05) is 19.6 Å². The summed E-state index contributed by atoms with van der Waals surface area (Å²) in [5.74, 6) is 1.03. The van der Waals surface area contributed by atoms with E-state index in [2.05, 4.69) is 31.0 Å². The molecule has 0 saturated carbocycles. The molecular formula is C13H26N2O. The maximum Gasteiger partial charge on any atom is 0.222 e. The van der Waals surface area contributed by atoms with E-state index < -0.39 is 0 Å². The van der Waals surface area contributed by atoms with Crippen LogP contribution in [0.15, 0.2) is 0 Å². The highest BCUT2D eigenvalue weighted by Crippen LogP contribution is 2.16. The third-order valence-electron chi connectivity index (χ3n) is 3.32. The molecule has 0 aliphatic carbocycles. The zero-order valence-corrected chi connectivity index (χ0v) is 11.0. The number of amides is 1. The molecule has 0 spiro atoms. The minimum absolute atomic E-state index is 0.330. The van der Waals surface area contributed by atoms with Gasteiger partial charge in [0.25, 0.3) is 0 Å². The Morgan fingerprint density at radius 2 is 2.00 bits per heavy atom. The van der Waals surface area contributed by atoms with E-state index in [0.717, 1.165) is 26.1 Å². The van der Waals surface area contributed by atoms with Crippen molar-refractivity contribution in [3.8, 4) is 0 Å². The van der Waals surface area contributed by atoms with Gasteiger partial charge in [0.05, 0.1) is 0 Å².